The second-order valence-electron chi connectivity index (χ2n) is 7.52. The summed E-state index contributed by atoms with van der Waals surface area (Å²) < 4.78 is 13.3. The van der Waals surface area contributed by atoms with Crippen LogP contribution in [0, 0.1) is 0 Å². The van der Waals surface area contributed by atoms with Gasteiger partial charge in [-0.25, -0.2) is 0 Å². The molecule has 162 valence electrons. The van der Waals surface area contributed by atoms with Crippen LogP contribution >= 0.6 is 11.8 Å². The summed E-state index contributed by atoms with van der Waals surface area (Å²) in [6.45, 7) is 5.21. The Labute approximate surface area is 186 Å². The van der Waals surface area contributed by atoms with Crippen molar-refractivity contribution in [2.45, 2.75) is 31.2 Å². The van der Waals surface area contributed by atoms with Gasteiger partial charge in [-0.1, -0.05) is 42.1 Å². The first-order valence-corrected chi connectivity index (χ1v) is 11.3. The Morgan fingerprint density at radius 3 is 2.45 bits per heavy atom. The lowest BCUT2D eigenvalue weighted by Gasteiger charge is -2.35. The van der Waals surface area contributed by atoms with Gasteiger partial charge in [-0.05, 0) is 38.1 Å². The van der Waals surface area contributed by atoms with Gasteiger partial charge in [0.2, 0.25) is 5.91 Å². The summed E-state index contributed by atoms with van der Waals surface area (Å²) in [5, 5.41) is 9.53. The molecule has 3 aromatic rings. The molecular weight excluding hydrogens is 412 g/mol. The number of carbonyl (C=O) groups excluding carboxylic acids is 1. The highest BCUT2D eigenvalue weighted by Gasteiger charge is 2.27. The van der Waals surface area contributed by atoms with Crippen molar-refractivity contribution in [3.63, 3.8) is 0 Å². The first kappa shape index (κ1) is 21.4. The van der Waals surface area contributed by atoms with Crippen molar-refractivity contribution in [2.24, 2.45) is 0 Å². The average molecular weight is 439 g/mol. The quantitative estimate of drug-likeness (QED) is 0.547. The number of rotatable bonds is 6. The van der Waals surface area contributed by atoms with E-state index in [9.17, 15) is 4.79 Å². The van der Waals surface area contributed by atoms with Crippen LogP contribution < -0.4 is 4.74 Å². The molecule has 1 aromatic heterocycles. The fourth-order valence-corrected chi connectivity index (χ4v) is 4.63. The first-order valence-electron chi connectivity index (χ1n) is 10.3. The van der Waals surface area contributed by atoms with Crippen LogP contribution in [-0.2, 0) is 9.53 Å². The molecule has 2 atom stereocenters. The number of hydrogen-bond acceptors (Lipinski definition) is 6. The number of benzene rings is 2. The Balaban J connectivity index is 1.62. The highest BCUT2D eigenvalue weighted by Crippen LogP contribution is 2.33. The molecule has 1 saturated heterocycles. The molecule has 8 heteroatoms. The number of amides is 1. The molecule has 0 unspecified atom stereocenters. The van der Waals surface area contributed by atoms with Gasteiger partial charge in [0.15, 0.2) is 11.0 Å². The van der Waals surface area contributed by atoms with Crippen molar-refractivity contribution in [3.05, 3.63) is 54.6 Å². The second kappa shape index (κ2) is 9.53. The Morgan fingerprint density at radius 1 is 1.06 bits per heavy atom. The highest BCUT2D eigenvalue weighted by atomic mass is 32.2. The third-order valence-electron chi connectivity index (χ3n) is 5.09. The number of ether oxygens (including phenoxy) is 2. The molecule has 31 heavy (non-hydrogen) atoms. The summed E-state index contributed by atoms with van der Waals surface area (Å²) >= 11 is 1.39. The summed E-state index contributed by atoms with van der Waals surface area (Å²) in [6, 6.07) is 17.6. The summed E-state index contributed by atoms with van der Waals surface area (Å²) in [6.07, 6.45) is 0.0886. The van der Waals surface area contributed by atoms with Crippen LogP contribution in [0.2, 0.25) is 0 Å². The minimum absolute atomic E-state index is 0.0443. The molecule has 1 aliphatic heterocycles. The third kappa shape index (κ3) is 4.75. The summed E-state index contributed by atoms with van der Waals surface area (Å²) in [5.41, 5.74) is 1.77. The first-order chi connectivity index (χ1) is 15.1. The lowest BCUT2D eigenvalue weighted by atomic mass is 10.2. The van der Waals surface area contributed by atoms with Gasteiger partial charge in [-0.3, -0.25) is 9.36 Å². The van der Waals surface area contributed by atoms with Crippen molar-refractivity contribution in [2.75, 3.05) is 26.0 Å². The third-order valence-corrected chi connectivity index (χ3v) is 6.01. The van der Waals surface area contributed by atoms with E-state index in [4.69, 9.17) is 9.47 Å². The minimum Gasteiger partial charge on any atom is -0.496 e. The normalized spacial score (nSPS) is 18.7. The molecule has 2 heterocycles. The van der Waals surface area contributed by atoms with Crippen LogP contribution in [0.5, 0.6) is 5.75 Å². The predicted octanol–water partition coefficient (Wildman–Crippen LogP) is 3.67. The van der Waals surface area contributed by atoms with Gasteiger partial charge in [0.1, 0.15) is 5.75 Å². The van der Waals surface area contributed by atoms with Crippen molar-refractivity contribution in [1.29, 1.82) is 0 Å². The molecule has 0 radical (unpaired) electrons. The molecule has 0 bridgehead atoms. The average Bonchev–Trinajstić information content (AvgIpc) is 3.21. The van der Waals surface area contributed by atoms with Crippen LogP contribution in [0.3, 0.4) is 0 Å². The molecule has 0 saturated carbocycles. The summed E-state index contributed by atoms with van der Waals surface area (Å²) in [5.74, 6) is 1.76. The molecule has 0 spiro atoms. The monoisotopic (exact) mass is 438 g/mol. The van der Waals surface area contributed by atoms with E-state index in [-0.39, 0.29) is 23.9 Å². The van der Waals surface area contributed by atoms with Gasteiger partial charge in [0, 0.05) is 18.8 Å². The van der Waals surface area contributed by atoms with Gasteiger partial charge in [0.25, 0.3) is 0 Å². The van der Waals surface area contributed by atoms with Gasteiger partial charge >= 0.3 is 0 Å². The van der Waals surface area contributed by atoms with E-state index < -0.39 is 0 Å². The van der Waals surface area contributed by atoms with Crippen LogP contribution in [0.25, 0.3) is 17.1 Å². The number of hydrogen-bond donors (Lipinski definition) is 0. The van der Waals surface area contributed by atoms with Gasteiger partial charge in [-0.15, -0.1) is 10.2 Å². The fraction of sp³-hybridized carbons (Fsp3) is 0.348. The fourth-order valence-electron chi connectivity index (χ4n) is 3.78. The van der Waals surface area contributed by atoms with Crippen molar-refractivity contribution in [3.8, 4) is 22.8 Å². The molecule has 0 N–H and O–H groups in total. The Bertz CT molecular complexity index is 1030. The molecule has 4 rings (SSSR count). The van der Waals surface area contributed by atoms with E-state index in [1.54, 1.807) is 7.11 Å². The topological polar surface area (TPSA) is 69.5 Å². The van der Waals surface area contributed by atoms with Gasteiger partial charge < -0.3 is 14.4 Å². The zero-order valence-corrected chi connectivity index (χ0v) is 18.7. The highest BCUT2D eigenvalue weighted by molar-refractivity contribution is 7.99. The number of methoxy groups -OCH3 is 1. The lowest BCUT2D eigenvalue weighted by molar-refractivity contribution is -0.140. The molecule has 2 aromatic carbocycles. The molecule has 1 fully saturated rings. The Kier molecular flexibility index (Phi) is 6.58. The zero-order valence-electron chi connectivity index (χ0n) is 17.9. The maximum atomic E-state index is 12.9. The largest absolute Gasteiger partial charge is 0.496 e. The van der Waals surface area contributed by atoms with Gasteiger partial charge in [0.05, 0.1) is 30.6 Å². The van der Waals surface area contributed by atoms with Crippen LogP contribution in [0.1, 0.15) is 13.8 Å². The second-order valence-corrected chi connectivity index (χ2v) is 8.46. The maximum absolute atomic E-state index is 12.9. The predicted molar refractivity (Wildman–Crippen MR) is 121 cm³/mol. The number of thioether (sulfide) groups is 1. The van der Waals surface area contributed by atoms with Crippen LogP contribution in [0.4, 0.5) is 0 Å². The summed E-state index contributed by atoms with van der Waals surface area (Å²) in [7, 11) is 1.64. The molecule has 1 amide bonds. The minimum atomic E-state index is 0.0443. The molecule has 1 aliphatic rings. The number of carbonyl (C=O) groups is 1. The number of para-hydroxylation sites is 2. The lowest BCUT2D eigenvalue weighted by Crippen LogP contribution is -2.48. The Morgan fingerprint density at radius 2 is 1.74 bits per heavy atom. The van der Waals surface area contributed by atoms with Crippen molar-refractivity contribution < 1.29 is 14.3 Å². The zero-order chi connectivity index (χ0) is 21.8. The van der Waals surface area contributed by atoms with E-state index in [0.29, 0.717) is 24.1 Å². The molecule has 7 nitrogen and oxygen atoms in total. The van der Waals surface area contributed by atoms with E-state index in [1.807, 2.05) is 77.9 Å². The van der Waals surface area contributed by atoms with Crippen molar-refractivity contribution >= 4 is 17.7 Å². The standard InChI is InChI=1S/C23H26N4O3S/c1-16-13-26(14-17(2)30-16)21(28)15-31-23-25-24-22(19-11-7-8-12-20(19)29-3)27(23)18-9-5-4-6-10-18/h4-12,16-17H,13-15H2,1-3H3/t16-,17-/m1/s1. The molecule has 0 aliphatic carbocycles. The Hall–Kier alpha value is -2.84. The maximum Gasteiger partial charge on any atom is 0.233 e. The van der Waals surface area contributed by atoms with E-state index >= 15 is 0 Å². The van der Waals surface area contributed by atoms with Crippen LogP contribution in [-0.4, -0.2) is 63.7 Å². The number of morpholine rings is 1. The van der Waals surface area contributed by atoms with E-state index in [2.05, 4.69) is 10.2 Å². The van der Waals surface area contributed by atoms with Crippen molar-refractivity contribution in [1.82, 2.24) is 19.7 Å². The smallest absolute Gasteiger partial charge is 0.233 e. The number of nitrogens with zero attached hydrogens (tertiary/aromatic N) is 4. The summed E-state index contributed by atoms with van der Waals surface area (Å²) in [4.78, 5) is 14.7. The van der Waals surface area contributed by atoms with Crippen LogP contribution in [0.15, 0.2) is 59.8 Å². The SMILES string of the molecule is COc1ccccc1-c1nnc(SCC(=O)N2C[C@@H](C)O[C@H](C)C2)n1-c1ccccc1. The molecular formula is C23H26N4O3S. The van der Waals surface area contributed by atoms with E-state index in [1.165, 1.54) is 11.8 Å². The van der Waals surface area contributed by atoms with E-state index in [0.717, 1.165) is 17.0 Å². The number of aromatic nitrogens is 3. The van der Waals surface area contributed by atoms with Gasteiger partial charge in [-0.2, -0.15) is 0 Å².